The van der Waals surface area contributed by atoms with Crippen LogP contribution >= 0.6 is 0 Å². The lowest BCUT2D eigenvalue weighted by Gasteiger charge is -2.20. The Labute approximate surface area is 103 Å². The Morgan fingerprint density at radius 2 is 2.24 bits per heavy atom. The average molecular weight is 229 g/mol. The lowest BCUT2D eigenvalue weighted by Crippen LogP contribution is -2.08. The molecule has 1 aromatic rings. The quantitative estimate of drug-likeness (QED) is 0.840. The number of ether oxygens (including phenoxy) is 1. The van der Waals surface area contributed by atoms with Crippen molar-refractivity contribution in [2.75, 3.05) is 13.7 Å². The second-order valence-corrected chi connectivity index (χ2v) is 4.44. The van der Waals surface area contributed by atoms with Crippen molar-refractivity contribution in [1.29, 1.82) is 0 Å². The highest BCUT2D eigenvalue weighted by Gasteiger charge is 2.14. The van der Waals surface area contributed by atoms with Gasteiger partial charge in [0.05, 0.1) is 6.61 Å². The van der Waals surface area contributed by atoms with E-state index in [9.17, 15) is 0 Å². The van der Waals surface area contributed by atoms with Crippen LogP contribution in [0.4, 0.5) is 0 Å². The molecule has 1 heterocycles. The Balaban J connectivity index is 2.40. The van der Waals surface area contributed by atoms with Gasteiger partial charge in [-0.2, -0.15) is 0 Å². The van der Waals surface area contributed by atoms with E-state index >= 15 is 0 Å². The summed E-state index contributed by atoms with van der Waals surface area (Å²) in [6.45, 7) is 4.99. The van der Waals surface area contributed by atoms with Crippen LogP contribution in [-0.2, 0) is 0 Å². The van der Waals surface area contributed by atoms with E-state index in [1.807, 2.05) is 13.2 Å². The lowest BCUT2D eigenvalue weighted by molar-refractivity contribution is 0.316. The highest BCUT2D eigenvalue weighted by Crippen LogP contribution is 2.34. The molecule has 1 aliphatic rings. The van der Waals surface area contributed by atoms with Crippen molar-refractivity contribution < 1.29 is 4.74 Å². The van der Waals surface area contributed by atoms with E-state index in [1.54, 1.807) is 0 Å². The average Bonchev–Trinajstić information content (AvgIpc) is 2.30. The Bertz CT molecular complexity index is 472. The fourth-order valence-corrected chi connectivity index (χ4v) is 2.12. The zero-order chi connectivity index (χ0) is 12.3. The number of hydrogen-bond donors (Lipinski definition) is 1. The van der Waals surface area contributed by atoms with Gasteiger partial charge in [0.15, 0.2) is 0 Å². The SMILES string of the molecule is CN/C=C(C)/C=C1\CCOc2ccc(C)cc21. The maximum atomic E-state index is 5.67. The summed E-state index contributed by atoms with van der Waals surface area (Å²) < 4.78 is 5.67. The molecule has 0 aromatic heterocycles. The van der Waals surface area contributed by atoms with Crippen molar-refractivity contribution in [3.63, 3.8) is 0 Å². The predicted molar refractivity (Wildman–Crippen MR) is 72.1 cm³/mol. The normalized spacial score (nSPS) is 17.6. The van der Waals surface area contributed by atoms with Crippen molar-refractivity contribution in [2.45, 2.75) is 20.3 Å². The minimum atomic E-state index is 0.773. The highest BCUT2D eigenvalue weighted by molar-refractivity contribution is 5.74. The highest BCUT2D eigenvalue weighted by atomic mass is 16.5. The Morgan fingerprint density at radius 1 is 1.41 bits per heavy atom. The number of benzene rings is 1. The molecule has 0 bridgehead atoms. The second kappa shape index (κ2) is 5.09. The first kappa shape index (κ1) is 11.8. The minimum absolute atomic E-state index is 0.773. The monoisotopic (exact) mass is 229 g/mol. The van der Waals surface area contributed by atoms with Gasteiger partial charge in [0.25, 0.3) is 0 Å². The van der Waals surface area contributed by atoms with Crippen molar-refractivity contribution in [3.8, 4) is 5.75 Å². The number of fused-ring (bicyclic) bond motifs is 1. The molecule has 0 unspecified atom stereocenters. The van der Waals surface area contributed by atoms with Gasteiger partial charge in [-0.05, 0) is 43.3 Å². The number of hydrogen-bond acceptors (Lipinski definition) is 2. The number of aryl methyl sites for hydroxylation is 1. The standard InChI is InChI=1S/C15H19NO/c1-11-4-5-15-14(9-11)13(6-7-17-15)8-12(2)10-16-3/h4-5,8-10,16H,6-7H2,1-3H3/b12-10+,13-8+. The summed E-state index contributed by atoms with van der Waals surface area (Å²) in [5, 5.41) is 3.05. The molecule has 90 valence electrons. The first-order chi connectivity index (χ1) is 8.20. The van der Waals surface area contributed by atoms with Crippen LogP contribution in [0.3, 0.4) is 0 Å². The molecule has 0 saturated carbocycles. The summed E-state index contributed by atoms with van der Waals surface area (Å²) >= 11 is 0. The van der Waals surface area contributed by atoms with Crippen LogP contribution in [0.1, 0.15) is 24.5 Å². The maximum Gasteiger partial charge on any atom is 0.126 e. The Morgan fingerprint density at radius 3 is 3.00 bits per heavy atom. The van der Waals surface area contributed by atoms with Gasteiger partial charge in [-0.3, -0.25) is 0 Å². The third-order valence-electron chi connectivity index (χ3n) is 2.88. The van der Waals surface area contributed by atoms with Gasteiger partial charge < -0.3 is 10.1 Å². The van der Waals surface area contributed by atoms with E-state index in [-0.39, 0.29) is 0 Å². The third-order valence-corrected chi connectivity index (χ3v) is 2.88. The van der Waals surface area contributed by atoms with E-state index in [4.69, 9.17) is 4.74 Å². The Kier molecular flexibility index (Phi) is 3.52. The molecule has 1 aliphatic heterocycles. The van der Waals surface area contributed by atoms with Crippen LogP contribution in [0.15, 0.2) is 36.0 Å². The molecular weight excluding hydrogens is 210 g/mol. The van der Waals surface area contributed by atoms with Crippen LogP contribution in [0.2, 0.25) is 0 Å². The van der Waals surface area contributed by atoms with Crippen molar-refractivity contribution >= 4 is 5.57 Å². The van der Waals surface area contributed by atoms with Crippen molar-refractivity contribution in [1.82, 2.24) is 5.32 Å². The fraction of sp³-hybridized carbons (Fsp3) is 0.333. The predicted octanol–water partition coefficient (Wildman–Crippen LogP) is 3.28. The van der Waals surface area contributed by atoms with Crippen molar-refractivity contribution in [3.05, 3.63) is 47.2 Å². The summed E-state index contributed by atoms with van der Waals surface area (Å²) in [5.41, 5.74) is 5.10. The molecule has 0 fully saturated rings. The molecular formula is C15H19NO. The molecule has 2 nitrogen and oxygen atoms in total. The van der Waals surface area contributed by atoms with Crippen LogP contribution in [0.5, 0.6) is 5.75 Å². The van der Waals surface area contributed by atoms with Crippen molar-refractivity contribution in [2.24, 2.45) is 0 Å². The van der Waals surface area contributed by atoms with Gasteiger partial charge in [0, 0.05) is 19.0 Å². The van der Waals surface area contributed by atoms with Gasteiger partial charge in [-0.15, -0.1) is 0 Å². The van der Waals surface area contributed by atoms with Crippen LogP contribution in [0.25, 0.3) is 5.57 Å². The minimum Gasteiger partial charge on any atom is -0.493 e. The van der Waals surface area contributed by atoms with Crippen LogP contribution < -0.4 is 10.1 Å². The molecule has 0 spiro atoms. The van der Waals surface area contributed by atoms with Gasteiger partial charge in [-0.25, -0.2) is 0 Å². The summed E-state index contributed by atoms with van der Waals surface area (Å²) in [6.07, 6.45) is 5.22. The summed E-state index contributed by atoms with van der Waals surface area (Å²) in [6, 6.07) is 6.36. The topological polar surface area (TPSA) is 21.3 Å². The molecule has 0 saturated heterocycles. The third kappa shape index (κ3) is 2.70. The Hall–Kier alpha value is -1.70. The molecule has 0 aliphatic carbocycles. The molecule has 0 radical (unpaired) electrons. The van der Waals surface area contributed by atoms with Crippen LogP contribution in [0, 0.1) is 6.92 Å². The summed E-state index contributed by atoms with van der Waals surface area (Å²) in [4.78, 5) is 0. The summed E-state index contributed by atoms with van der Waals surface area (Å²) in [7, 11) is 1.92. The first-order valence-corrected chi connectivity index (χ1v) is 5.99. The molecule has 2 rings (SSSR count). The van der Waals surface area contributed by atoms with Gasteiger partial charge in [0.1, 0.15) is 5.75 Å². The van der Waals surface area contributed by atoms with E-state index in [1.165, 1.54) is 22.3 Å². The van der Waals surface area contributed by atoms with E-state index < -0.39 is 0 Å². The number of nitrogens with one attached hydrogen (secondary N) is 1. The summed E-state index contributed by atoms with van der Waals surface area (Å²) in [5.74, 6) is 1.00. The molecule has 1 aromatic carbocycles. The van der Waals surface area contributed by atoms with Gasteiger partial charge in [0.2, 0.25) is 0 Å². The number of allylic oxidation sites excluding steroid dienone is 2. The lowest BCUT2D eigenvalue weighted by atomic mass is 9.96. The van der Waals surface area contributed by atoms with E-state index in [0.29, 0.717) is 0 Å². The maximum absolute atomic E-state index is 5.67. The largest absolute Gasteiger partial charge is 0.493 e. The zero-order valence-electron chi connectivity index (χ0n) is 10.7. The van der Waals surface area contributed by atoms with Crippen LogP contribution in [-0.4, -0.2) is 13.7 Å². The first-order valence-electron chi connectivity index (χ1n) is 5.99. The second-order valence-electron chi connectivity index (χ2n) is 4.44. The van der Waals surface area contributed by atoms with Gasteiger partial charge in [-0.1, -0.05) is 17.7 Å². The molecule has 2 heteroatoms. The zero-order valence-corrected chi connectivity index (χ0v) is 10.7. The molecule has 0 atom stereocenters. The number of rotatable bonds is 2. The van der Waals surface area contributed by atoms with E-state index in [0.717, 1.165) is 18.8 Å². The van der Waals surface area contributed by atoms with E-state index in [2.05, 4.69) is 43.4 Å². The molecule has 1 N–H and O–H groups in total. The smallest absolute Gasteiger partial charge is 0.126 e. The fourth-order valence-electron chi connectivity index (χ4n) is 2.12. The molecule has 0 amide bonds. The molecule has 17 heavy (non-hydrogen) atoms. The van der Waals surface area contributed by atoms with Gasteiger partial charge >= 0.3 is 0 Å².